The van der Waals surface area contributed by atoms with Gasteiger partial charge in [-0.3, -0.25) is 0 Å². The van der Waals surface area contributed by atoms with E-state index in [4.69, 9.17) is 0 Å². The Bertz CT molecular complexity index is 512. The minimum Gasteiger partial charge on any atom is -0.386 e. The summed E-state index contributed by atoms with van der Waals surface area (Å²) in [6.07, 6.45) is 1.44. The molecule has 1 aromatic rings. The highest BCUT2D eigenvalue weighted by molar-refractivity contribution is 5.73. The fourth-order valence-electron chi connectivity index (χ4n) is 2.92. The van der Waals surface area contributed by atoms with Crippen LogP contribution in [0.3, 0.4) is 0 Å². The number of nitrogens with zero attached hydrogens (tertiary/aromatic N) is 1. The van der Waals surface area contributed by atoms with Gasteiger partial charge in [-0.2, -0.15) is 0 Å². The van der Waals surface area contributed by atoms with Crippen molar-refractivity contribution in [1.29, 1.82) is 0 Å². The summed E-state index contributed by atoms with van der Waals surface area (Å²) in [6.45, 7) is 5.78. The van der Waals surface area contributed by atoms with E-state index in [1.165, 1.54) is 25.0 Å². The number of benzene rings is 1. The molecule has 23 heavy (non-hydrogen) atoms. The second-order valence-electron chi connectivity index (χ2n) is 6.22. The summed E-state index contributed by atoms with van der Waals surface area (Å²) in [5.41, 5.74) is 0.190. The molecule has 6 heteroatoms. The first-order chi connectivity index (χ1) is 11.1. The number of hydrogen-bond acceptors (Lipinski definition) is 3. The Hall–Kier alpha value is -1.66. The topological polar surface area (TPSA) is 64.6 Å². The standard InChI is InChI=1S/C17H26FN3O2/c1-13-5-4-9-21(12-13)10-8-19-17(23)20-11-16(22)14-6-2-3-7-15(14)18/h2-3,6-7,13,16,22H,4-5,8-12H2,1H3,(H2,19,20,23). The van der Waals surface area contributed by atoms with Crippen LogP contribution in [0.15, 0.2) is 24.3 Å². The number of likely N-dealkylation sites (tertiary alicyclic amines) is 1. The van der Waals surface area contributed by atoms with E-state index in [9.17, 15) is 14.3 Å². The van der Waals surface area contributed by atoms with E-state index in [0.29, 0.717) is 12.5 Å². The molecule has 1 heterocycles. The van der Waals surface area contributed by atoms with E-state index >= 15 is 0 Å². The van der Waals surface area contributed by atoms with Gasteiger partial charge in [0.2, 0.25) is 0 Å². The minimum atomic E-state index is -1.05. The zero-order chi connectivity index (χ0) is 16.7. The lowest BCUT2D eigenvalue weighted by Crippen LogP contribution is -2.43. The van der Waals surface area contributed by atoms with E-state index in [0.717, 1.165) is 19.6 Å². The molecule has 0 radical (unpaired) electrons. The van der Waals surface area contributed by atoms with Gasteiger partial charge in [0.05, 0.1) is 6.10 Å². The highest BCUT2D eigenvalue weighted by Crippen LogP contribution is 2.16. The molecule has 1 fully saturated rings. The van der Waals surface area contributed by atoms with Gasteiger partial charge in [0.15, 0.2) is 0 Å². The average Bonchev–Trinajstić information content (AvgIpc) is 2.53. The number of urea groups is 1. The lowest BCUT2D eigenvalue weighted by atomic mass is 10.0. The third-order valence-electron chi connectivity index (χ3n) is 4.17. The molecule has 2 unspecified atom stereocenters. The van der Waals surface area contributed by atoms with E-state index in [1.54, 1.807) is 12.1 Å². The zero-order valence-corrected chi connectivity index (χ0v) is 13.6. The Morgan fingerprint density at radius 3 is 2.96 bits per heavy atom. The maximum Gasteiger partial charge on any atom is 0.314 e. The molecular weight excluding hydrogens is 297 g/mol. The fourth-order valence-corrected chi connectivity index (χ4v) is 2.92. The van der Waals surface area contributed by atoms with Crippen molar-refractivity contribution < 1.29 is 14.3 Å². The van der Waals surface area contributed by atoms with E-state index in [-0.39, 0.29) is 18.1 Å². The van der Waals surface area contributed by atoms with Gasteiger partial charge in [-0.05, 0) is 31.4 Å². The molecule has 3 N–H and O–H groups in total. The predicted octanol–water partition coefficient (Wildman–Crippen LogP) is 1.89. The van der Waals surface area contributed by atoms with Crippen LogP contribution in [0.4, 0.5) is 9.18 Å². The third kappa shape index (κ3) is 5.80. The van der Waals surface area contributed by atoms with Crippen molar-refractivity contribution in [3.8, 4) is 0 Å². The van der Waals surface area contributed by atoms with Crippen LogP contribution in [0.2, 0.25) is 0 Å². The second kappa shape index (κ2) is 8.84. The lowest BCUT2D eigenvalue weighted by molar-refractivity contribution is 0.167. The molecule has 0 saturated carbocycles. The molecule has 1 aromatic carbocycles. The molecule has 2 atom stereocenters. The number of amides is 2. The summed E-state index contributed by atoms with van der Waals surface area (Å²) in [5.74, 6) is 0.245. The van der Waals surface area contributed by atoms with Crippen molar-refractivity contribution in [3.63, 3.8) is 0 Å². The van der Waals surface area contributed by atoms with Crippen LogP contribution in [0, 0.1) is 11.7 Å². The number of nitrogens with one attached hydrogen (secondary N) is 2. The van der Waals surface area contributed by atoms with Gasteiger partial charge in [-0.1, -0.05) is 25.1 Å². The summed E-state index contributed by atoms with van der Waals surface area (Å²) in [5, 5.41) is 15.3. The molecule has 1 saturated heterocycles. The van der Waals surface area contributed by atoms with Crippen LogP contribution in [0.5, 0.6) is 0 Å². The van der Waals surface area contributed by atoms with Crippen molar-refractivity contribution in [2.75, 3.05) is 32.7 Å². The lowest BCUT2D eigenvalue weighted by Gasteiger charge is -2.30. The number of carbonyl (C=O) groups is 1. The van der Waals surface area contributed by atoms with Gasteiger partial charge >= 0.3 is 6.03 Å². The molecule has 2 amide bonds. The van der Waals surface area contributed by atoms with Gasteiger partial charge in [0, 0.05) is 31.7 Å². The van der Waals surface area contributed by atoms with Gasteiger partial charge in [0.25, 0.3) is 0 Å². The quantitative estimate of drug-likeness (QED) is 0.749. The first-order valence-electron chi connectivity index (χ1n) is 8.23. The van der Waals surface area contributed by atoms with Gasteiger partial charge < -0.3 is 20.6 Å². The first-order valence-corrected chi connectivity index (χ1v) is 8.23. The molecule has 0 aromatic heterocycles. The van der Waals surface area contributed by atoms with Crippen LogP contribution >= 0.6 is 0 Å². The van der Waals surface area contributed by atoms with E-state index in [2.05, 4.69) is 22.5 Å². The van der Waals surface area contributed by atoms with Gasteiger partial charge in [-0.25, -0.2) is 9.18 Å². The number of piperidine rings is 1. The summed E-state index contributed by atoms with van der Waals surface area (Å²) >= 11 is 0. The van der Waals surface area contributed by atoms with Crippen molar-refractivity contribution in [1.82, 2.24) is 15.5 Å². The molecule has 1 aliphatic heterocycles. The Kier molecular flexibility index (Phi) is 6.80. The second-order valence-corrected chi connectivity index (χ2v) is 6.22. The maximum atomic E-state index is 13.5. The highest BCUT2D eigenvalue weighted by Gasteiger charge is 2.16. The van der Waals surface area contributed by atoms with Crippen molar-refractivity contribution in [3.05, 3.63) is 35.6 Å². The molecule has 5 nitrogen and oxygen atoms in total. The smallest absolute Gasteiger partial charge is 0.314 e. The summed E-state index contributed by atoms with van der Waals surface area (Å²) in [4.78, 5) is 14.1. The average molecular weight is 323 g/mol. The van der Waals surface area contributed by atoms with Gasteiger partial charge in [-0.15, -0.1) is 0 Å². The van der Waals surface area contributed by atoms with Crippen LogP contribution in [0.1, 0.15) is 31.4 Å². The molecular formula is C17H26FN3O2. The SMILES string of the molecule is CC1CCCN(CCNC(=O)NCC(O)c2ccccc2F)C1. The van der Waals surface area contributed by atoms with Crippen molar-refractivity contribution in [2.45, 2.75) is 25.9 Å². The Morgan fingerprint density at radius 2 is 2.22 bits per heavy atom. The maximum absolute atomic E-state index is 13.5. The van der Waals surface area contributed by atoms with Crippen LogP contribution < -0.4 is 10.6 Å². The monoisotopic (exact) mass is 323 g/mol. The highest BCUT2D eigenvalue weighted by atomic mass is 19.1. The van der Waals surface area contributed by atoms with Crippen LogP contribution in [0.25, 0.3) is 0 Å². The number of aliphatic hydroxyl groups excluding tert-OH is 1. The summed E-state index contributed by atoms with van der Waals surface area (Å²) in [6, 6.07) is 5.68. The molecule has 0 bridgehead atoms. The minimum absolute atomic E-state index is 0.0203. The van der Waals surface area contributed by atoms with Gasteiger partial charge in [0.1, 0.15) is 5.82 Å². The Labute approximate surface area is 136 Å². The summed E-state index contributed by atoms with van der Waals surface area (Å²) < 4.78 is 13.5. The predicted molar refractivity (Wildman–Crippen MR) is 87.6 cm³/mol. The van der Waals surface area contributed by atoms with Crippen LogP contribution in [-0.2, 0) is 0 Å². The molecule has 2 rings (SSSR count). The normalized spacial score (nSPS) is 20.0. The Morgan fingerprint density at radius 1 is 1.43 bits per heavy atom. The van der Waals surface area contributed by atoms with E-state index < -0.39 is 11.9 Å². The number of carbonyl (C=O) groups excluding carboxylic acids is 1. The van der Waals surface area contributed by atoms with Crippen molar-refractivity contribution >= 4 is 6.03 Å². The molecule has 0 aliphatic carbocycles. The third-order valence-corrected chi connectivity index (χ3v) is 4.17. The largest absolute Gasteiger partial charge is 0.386 e. The fraction of sp³-hybridized carbons (Fsp3) is 0.588. The first kappa shape index (κ1) is 17.7. The molecule has 0 spiro atoms. The Balaban J connectivity index is 1.64. The number of aliphatic hydroxyl groups is 1. The summed E-state index contributed by atoms with van der Waals surface area (Å²) in [7, 11) is 0. The van der Waals surface area contributed by atoms with Crippen molar-refractivity contribution in [2.24, 2.45) is 5.92 Å². The van der Waals surface area contributed by atoms with E-state index in [1.807, 2.05) is 0 Å². The molecule has 1 aliphatic rings. The zero-order valence-electron chi connectivity index (χ0n) is 13.6. The number of rotatable bonds is 6. The van der Waals surface area contributed by atoms with Crippen LogP contribution in [-0.4, -0.2) is 48.8 Å². The number of hydrogen-bond donors (Lipinski definition) is 3. The molecule has 128 valence electrons. The number of halogens is 1.